The van der Waals surface area contributed by atoms with E-state index >= 15 is 0 Å². The number of hydrogen-bond donors (Lipinski definition) is 2. The SMILES string of the molecule is CCCCNc1ccc2ccc(N=NC)c(O)c2c1. The summed E-state index contributed by atoms with van der Waals surface area (Å²) in [6.07, 6.45) is 2.29. The van der Waals surface area contributed by atoms with Crippen molar-refractivity contribution in [2.45, 2.75) is 19.8 Å². The molecule has 0 aliphatic carbocycles. The summed E-state index contributed by atoms with van der Waals surface area (Å²) in [4.78, 5) is 0. The van der Waals surface area contributed by atoms with Crippen molar-refractivity contribution in [3.8, 4) is 5.75 Å². The molecule has 4 nitrogen and oxygen atoms in total. The Morgan fingerprint density at radius 3 is 2.74 bits per heavy atom. The molecular weight excluding hydrogens is 238 g/mol. The van der Waals surface area contributed by atoms with Gasteiger partial charge in [-0.25, -0.2) is 0 Å². The van der Waals surface area contributed by atoms with Crippen LogP contribution in [0.5, 0.6) is 5.75 Å². The average Bonchev–Trinajstić information content (AvgIpc) is 2.43. The summed E-state index contributed by atoms with van der Waals surface area (Å²) in [5, 5.41) is 23.0. The maximum atomic E-state index is 10.2. The molecular formula is C15H19N3O. The number of phenols is 1. The highest BCUT2D eigenvalue weighted by Gasteiger charge is 2.06. The third-order valence-electron chi connectivity index (χ3n) is 3.04. The van der Waals surface area contributed by atoms with E-state index in [0.29, 0.717) is 5.69 Å². The molecule has 0 heterocycles. The number of aromatic hydroxyl groups is 1. The fraction of sp³-hybridized carbons (Fsp3) is 0.333. The van der Waals surface area contributed by atoms with Gasteiger partial charge >= 0.3 is 0 Å². The third-order valence-corrected chi connectivity index (χ3v) is 3.04. The summed E-state index contributed by atoms with van der Waals surface area (Å²) < 4.78 is 0. The van der Waals surface area contributed by atoms with Gasteiger partial charge in [0.05, 0.1) is 0 Å². The molecule has 2 rings (SSSR count). The maximum Gasteiger partial charge on any atom is 0.150 e. The molecule has 0 bridgehead atoms. The molecule has 2 N–H and O–H groups in total. The lowest BCUT2D eigenvalue weighted by Gasteiger charge is -2.08. The Morgan fingerprint density at radius 2 is 2.00 bits per heavy atom. The second-order valence-corrected chi connectivity index (χ2v) is 4.45. The van der Waals surface area contributed by atoms with E-state index in [-0.39, 0.29) is 5.75 Å². The van der Waals surface area contributed by atoms with E-state index in [2.05, 4.69) is 22.5 Å². The Kier molecular flexibility index (Phi) is 4.34. The summed E-state index contributed by atoms with van der Waals surface area (Å²) in [5.74, 6) is 0.183. The van der Waals surface area contributed by atoms with Crippen LogP contribution >= 0.6 is 0 Å². The summed E-state index contributed by atoms with van der Waals surface area (Å²) in [6.45, 7) is 3.10. The quantitative estimate of drug-likeness (QED) is 0.613. The van der Waals surface area contributed by atoms with Crippen molar-refractivity contribution in [3.05, 3.63) is 30.3 Å². The molecule has 0 aliphatic rings. The van der Waals surface area contributed by atoms with Crippen LogP contribution in [0.4, 0.5) is 11.4 Å². The van der Waals surface area contributed by atoms with Gasteiger partial charge in [-0.15, -0.1) is 0 Å². The predicted octanol–water partition coefficient (Wildman–Crippen LogP) is 4.47. The highest BCUT2D eigenvalue weighted by molar-refractivity contribution is 5.94. The molecule has 0 unspecified atom stereocenters. The number of benzene rings is 2. The molecule has 100 valence electrons. The highest BCUT2D eigenvalue weighted by atomic mass is 16.3. The minimum Gasteiger partial charge on any atom is -0.505 e. The van der Waals surface area contributed by atoms with Crippen molar-refractivity contribution in [2.24, 2.45) is 10.2 Å². The molecule has 0 saturated carbocycles. The number of unbranched alkanes of at least 4 members (excludes halogenated alkanes) is 1. The molecule has 0 aliphatic heterocycles. The Balaban J connectivity index is 2.36. The van der Waals surface area contributed by atoms with Crippen LogP contribution < -0.4 is 5.32 Å². The van der Waals surface area contributed by atoms with Gasteiger partial charge in [0, 0.05) is 24.7 Å². The van der Waals surface area contributed by atoms with Crippen LogP contribution in [-0.4, -0.2) is 18.7 Å². The molecule has 0 fully saturated rings. The summed E-state index contributed by atoms with van der Waals surface area (Å²) in [6, 6.07) is 9.69. The van der Waals surface area contributed by atoms with E-state index in [1.165, 1.54) is 0 Å². The monoisotopic (exact) mass is 257 g/mol. The molecule has 0 aromatic heterocycles. The van der Waals surface area contributed by atoms with Crippen molar-refractivity contribution in [1.82, 2.24) is 0 Å². The standard InChI is InChI=1S/C15H19N3O/c1-3-4-9-17-12-7-5-11-6-8-14(18-16-2)15(19)13(11)10-12/h5-8,10,17,19H,3-4,9H2,1-2H3. The topological polar surface area (TPSA) is 57.0 Å². The number of phenolic OH excluding ortho intramolecular Hbond substituents is 1. The first-order valence-corrected chi connectivity index (χ1v) is 6.55. The molecule has 0 amide bonds. The van der Waals surface area contributed by atoms with Crippen molar-refractivity contribution in [2.75, 3.05) is 18.9 Å². The van der Waals surface area contributed by atoms with Crippen molar-refractivity contribution < 1.29 is 5.11 Å². The number of rotatable bonds is 5. The number of nitrogens with one attached hydrogen (secondary N) is 1. The van der Waals surface area contributed by atoms with Gasteiger partial charge in [0.25, 0.3) is 0 Å². The third kappa shape index (κ3) is 3.02. The van der Waals surface area contributed by atoms with Crippen molar-refractivity contribution >= 4 is 22.1 Å². The molecule has 0 atom stereocenters. The van der Waals surface area contributed by atoms with Gasteiger partial charge in [-0.05, 0) is 30.0 Å². The van der Waals surface area contributed by atoms with Crippen LogP contribution in [-0.2, 0) is 0 Å². The highest BCUT2D eigenvalue weighted by Crippen LogP contribution is 2.36. The second-order valence-electron chi connectivity index (χ2n) is 4.45. The zero-order valence-electron chi connectivity index (χ0n) is 11.3. The number of hydrogen-bond acceptors (Lipinski definition) is 4. The van der Waals surface area contributed by atoms with Gasteiger partial charge in [-0.1, -0.05) is 25.5 Å². The van der Waals surface area contributed by atoms with Crippen molar-refractivity contribution in [3.63, 3.8) is 0 Å². The van der Waals surface area contributed by atoms with E-state index < -0.39 is 0 Å². The van der Waals surface area contributed by atoms with Crippen molar-refractivity contribution in [1.29, 1.82) is 0 Å². The zero-order valence-corrected chi connectivity index (χ0v) is 11.3. The fourth-order valence-corrected chi connectivity index (χ4v) is 2.00. The molecule has 0 spiro atoms. The van der Waals surface area contributed by atoms with Crippen LogP contribution in [0.1, 0.15) is 19.8 Å². The number of nitrogens with zero attached hydrogens (tertiary/aromatic N) is 2. The Bertz CT molecular complexity index is 593. The van der Waals surface area contributed by atoms with E-state index in [0.717, 1.165) is 35.8 Å². The molecule has 0 radical (unpaired) electrons. The molecule has 4 heteroatoms. The van der Waals surface area contributed by atoms with Gasteiger partial charge in [0.15, 0.2) is 5.75 Å². The van der Waals surface area contributed by atoms with Crippen LogP contribution in [0, 0.1) is 0 Å². The Labute approximate surface area is 113 Å². The minimum absolute atomic E-state index is 0.183. The van der Waals surface area contributed by atoms with Crippen LogP contribution in [0.3, 0.4) is 0 Å². The smallest absolute Gasteiger partial charge is 0.150 e. The van der Waals surface area contributed by atoms with Gasteiger partial charge in [0.2, 0.25) is 0 Å². The first-order chi connectivity index (χ1) is 9.26. The van der Waals surface area contributed by atoms with Gasteiger partial charge in [-0.2, -0.15) is 10.2 Å². The lowest BCUT2D eigenvalue weighted by atomic mass is 10.1. The number of azo groups is 1. The fourth-order valence-electron chi connectivity index (χ4n) is 2.00. The number of anilines is 1. The first-order valence-electron chi connectivity index (χ1n) is 6.55. The first kappa shape index (κ1) is 13.3. The van der Waals surface area contributed by atoms with E-state index in [9.17, 15) is 5.11 Å². The maximum absolute atomic E-state index is 10.2. The second kappa shape index (κ2) is 6.18. The Hall–Kier alpha value is -2.10. The minimum atomic E-state index is 0.183. The van der Waals surface area contributed by atoms with Crippen LogP contribution in [0.15, 0.2) is 40.6 Å². The van der Waals surface area contributed by atoms with E-state index in [1.807, 2.05) is 24.3 Å². The molecule has 2 aromatic rings. The van der Waals surface area contributed by atoms with Gasteiger partial charge in [-0.3, -0.25) is 0 Å². The molecule has 0 saturated heterocycles. The van der Waals surface area contributed by atoms with E-state index in [4.69, 9.17) is 0 Å². The van der Waals surface area contributed by atoms with Gasteiger partial charge < -0.3 is 10.4 Å². The zero-order chi connectivity index (χ0) is 13.7. The van der Waals surface area contributed by atoms with Crippen LogP contribution in [0.25, 0.3) is 10.8 Å². The predicted molar refractivity (Wildman–Crippen MR) is 79.5 cm³/mol. The lowest BCUT2D eigenvalue weighted by molar-refractivity contribution is 0.482. The molecule has 19 heavy (non-hydrogen) atoms. The molecule has 2 aromatic carbocycles. The lowest BCUT2D eigenvalue weighted by Crippen LogP contribution is -2.00. The van der Waals surface area contributed by atoms with Crippen LogP contribution in [0.2, 0.25) is 0 Å². The summed E-state index contributed by atoms with van der Waals surface area (Å²) >= 11 is 0. The van der Waals surface area contributed by atoms with E-state index in [1.54, 1.807) is 13.1 Å². The largest absolute Gasteiger partial charge is 0.505 e. The van der Waals surface area contributed by atoms with Gasteiger partial charge in [0.1, 0.15) is 5.69 Å². The number of fused-ring (bicyclic) bond motifs is 1. The Morgan fingerprint density at radius 1 is 1.21 bits per heavy atom. The summed E-state index contributed by atoms with van der Waals surface area (Å²) in [5.41, 5.74) is 1.52. The summed E-state index contributed by atoms with van der Waals surface area (Å²) in [7, 11) is 1.59. The average molecular weight is 257 g/mol. The normalized spacial score (nSPS) is 11.3.